The average molecular weight is 340 g/mol. The van der Waals surface area contributed by atoms with Crippen molar-refractivity contribution in [1.29, 1.82) is 0 Å². The summed E-state index contributed by atoms with van der Waals surface area (Å²) in [4.78, 5) is 14.8. The maximum atomic E-state index is 13.1. The highest BCUT2D eigenvalue weighted by atomic mass is 16.5. The van der Waals surface area contributed by atoms with Gasteiger partial charge in [0, 0.05) is 18.8 Å². The lowest BCUT2D eigenvalue weighted by atomic mass is 10.0. The van der Waals surface area contributed by atoms with Gasteiger partial charge in [0.1, 0.15) is 6.17 Å². The number of hydrogen-bond donors (Lipinski definition) is 3. The summed E-state index contributed by atoms with van der Waals surface area (Å²) in [5.41, 5.74) is 2.09. The van der Waals surface area contributed by atoms with Crippen molar-refractivity contribution < 1.29 is 19.7 Å². The van der Waals surface area contributed by atoms with Gasteiger partial charge in [-0.15, -0.1) is 0 Å². The first-order chi connectivity index (χ1) is 12.1. The van der Waals surface area contributed by atoms with E-state index in [9.17, 15) is 15.0 Å². The Morgan fingerprint density at radius 3 is 2.76 bits per heavy atom. The van der Waals surface area contributed by atoms with E-state index in [1.165, 1.54) is 12.1 Å². The van der Waals surface area contributed by atoms with E-state index in [0.717, 1.165) is 25.1 Å². The number of anilines is 1. The molecule has 6 nitrogen and oxygen atoms in total. The number of rotatable bonds is 3. The number of amides is 1. The number of carbonyl (C=O) groups excluding carboxylic acids is 1. The zero-order valence-electron chi connectivity index (χ0n) is 13.7. The topological polar surface area (TPSA) is 82.0 Å². The summed E-state index contributed by atoms with van der Waals surface area (Å²) in [5.74, 6) is -0.456. The van der Waals surface area contributed by atoms with Gasteiger partial charge >= 0.3 is 0 Å². The molecule has 0 bridgehead atoms. The second-order valence-electron chi connectivity index (χ2n) is 6.43. The van der Waals surface area contributed by atoms with Gasteiger partial charge in [0.25, 0.3) is 5.91 Å². The van der Waals surface area contributed by atoms with Crippen LogP contribution in [0.1, 0.15) is 34.9 Å². The minimum absolute atomic E-state index is 0.0178. The largest absolute Gasteiger partial charge is 0.504 e. The first kappa shape index (κ1) is 15.8. The molecule has 1 fully saturated rings. The number of benzene rings is 2. The average Bonchev–Trinajstić information content (AvgIpc) is 3.13. The zero-order chi connectivity index (χ0) is 17.4. The lowest BCUT2D eigenvalue weighted by Gasteiger charge is -2.39. The molecule has 0 radical (unpaired) electrons. The standard InChI is InChI=1S/C19H20N2O4/c22-16-8-7-12(10-17(16)23)18-20-15-6-2-1-5-14(15)19(24)21(18)11-13-4-3-9-25-13/h1-2,5-8,10,13,18,20,22-23H,3-4,9,11H2/t13-,18+/m1/s1. The molecule has 1 amide bonds. The maximum absolute atomic E-state index is 13.1. The van der Waals surface area contributed by atoms with Gasteiger partial charge in [-0.05, 0) is 42.7 Å². The van der Waals surface area contributed by atoms with E-state index >= 15 is 0 Å². The van der Waals surface area contributed by atoms with E-state index in [1.54, 1.807) is 17.0 Å². The molecule has 0 saturated carbocycles. The van der Waals surface area contributed by atoms with E-state index in [1.807, 2.05) is 18.2 Å². The lowest BCUT2D eigenvalue weighted by molar-refractivity contribution is 0.0426. The maximum Gasteiger partial charge on any atom is 0.257 e. The van der Waals surface area contributed by atoms with E-state index in [-0.39, 0.29) is 23.5 Å². The summed E-state index contributed by atoms with van der Waals surface area (Å²) in [5, 5.41) is 22.8. The van der Waals surface area contributed by atoms with Crippen molar-refractivity contribution in [1.82, 2.24) is 4.90 Å². The van der Waals surface area contributed by atoms with Gasteiger partial charge in [0.05, 0.1) is 11.7 Å². The molecule has 2 aromatic rings. The Balaban J connectivity index is 1.72. The third-order valence-corrected chi connectivity index (χ3v) is 4.76. The number of carbonyl (C=O) groups is 1. The molecule has 2 aromatic carbocycles. The number of aromatic hydroxyl groups is 2. The highest BCUT2D eigenvalue weighted by Crippen LogP contribution is 2.36. The van der Waals surface area contributed by atoms with Crippen LogP contribution in [0.25, 0.3) is 0 Å². The molecule has 2 aliphatic heterocycles. The molecule has 2 aliphatic rings. The van der Waals surface area contributed by atoms with Crippen LogP contribution in [0.5, 0.6) is 11.5 Å². The van der Waals surface area contributed by atoms with Crippen molar-refractivity contribution in [3.8, 4) is 11.5 Å². The second kappa shape index (κ2) is 6.29. The Morgan fingerprint density at radius 1 is 1.16 bits per heavy atom. The van der Waals surface area contributed by atoms with Gasteiger partial charge in [-0.25, -0.2) is 0 Å². The van der Waals surface area contributed by atoms with Crippen LogP contribution in [0.4, 0.5) is 5.69 Å². The molecular formula is C19H20N2O4. The quantitative estimate of drug-likeness (QED) is 0.749. The van der Waals surface area contributed by atoms with Crippen molar-refractivity contribution in [2.24, 2.45) is 0 Å². The van der Waals surface area contributed by atoms with Gasteiger partial charge in [-0.2, -0.15) is 0 Å². The predicted octanol–water partition coefficient (Wildman–Crippen LogP) is 2.84. The lowest BCUT2D eigenvalue weighted by Crippen LogP contribution is -2.46. The fraction of sp³-hybridized carbons (Fsp3) is 0.316. The zero-order valence-corrected chi connectivity index (χ0v) is 13.7. The Hall–Kier alpha value is -2.73. The fourth-order valence-corrected chi connectivity index (χ4v) is 3.46. The van der Waals surface area contributed by atoms with E-state index in [0.29, 0.717) is 17.7 Å². The molecule has 130 valence electrons. The third kappa shape index (κ3) is 2.89. The summed E-state index contributed by atoms with van der Waals surface area (Å²) in [7, 11) is 0. The molecule has 0 unspecified atom stereocenters. The van der Waals surface area contributed by atoms with Crippen LogP contribution in [-0.2, 0) is 4.74 Å². The number of ether oxygens (including phenoxy) is 1. The molecule has 0 spiro atoms. The molecule has 2 heterocycles. The van der Waals surface area contributed by atoms with Gasteiger partial charge in [-0.3, -0.25) is 4.79 Å². The van der Waals surface area contributed by atoms with Gasteiger partial charge in [0.2, 0.25) is 0 Å². The Labute approximate surface area is 145 Å². The van der Waals surface area contributed by atoms with Crippen molar-refractivity contribution in [3.63, 3.8) is 0 Å². The van der Waals surface area contributed by atoms with Gasteiger partial charge in [0.15, 0.2) is 11.5 Å². The molecule has 1 saturated heterocycles. The normalized spacial score (nSPS) is 22.6. The SMILES string of the molecule is O=C1c2ccccc2N[C@H](c2ccc(O)c(O)c2)N1C[C@H]1CCCO1. The van der Waals surface area contributed by atoms with E-state index in [4.69, 9.17) is 4.74 Å². The number of fused-ring (bicyclic) bond motifs is 1. The number of nitrogens with zero attached hydrogens (tertiary/aromatic N) is 1. The van der Waals surface area contributed by atoms with E-state index in [2.05, 4.69) is 5.32 Å². The first-order valence-electron chi connectivity index (χ1n) is 8.43. The third-order valence-electron chi connectivity index (χ3n) is 4.76. The van der Waals surface area contributed by atoms with Gasteiger partial charge in [-0.1, -0.05) is 18.2 Å². The number of phenols is 2. The molecule has 25 heavy (non-hydrogen) atoms. The summed E-state index contributed by atoms with van der Waals surface area (Å²) in [6, 6.07) is 12.0. The number of nitrogens with one attached hydrogen (secondary N) is 1. The molecule has 3 N–H and O–H groups in total. The molecule has 2 atom stereocenters. The molecule has 0 aromatic heterocycles. The monoisotopic (exact) mass is 340 g/mol. The van der Waals surface area contributed by atoms with Crippen molar-refractivity contribution in [2.75, 3.05) is 18.5 Å². The van der Waals surface area contributed by atoms with Crippen LogP contribution >= 0.6 is 0 Å². The van der Waals surface area contributed by atoms with Crippen LogP contribution in [0.15, 0.2) is 42.5 Å². The van der Waals surface area contributed by atoms with E-state index < -0.39 is 6.17 Å². The molecule has 6 heteroatoms. The number of hydrogen-bond acceptors (Lipinski definition) is 5. The molecular weight excluding hydrogens is 320 g/mol. The van der Waals surface area contributed by atoms with Crippen LogP contribution in [0.2, 0.25) is 0 Å². The Morgan fingerprint density at radius 2 is 2.00 bits per heavy atom. The summed E-state index contributed by atoms with van der Waals surface area (Å²) >= 11 is 0. The summed E-state index contributed by atoms with van der Waals surface area (Å²) < 4.78 is 5.71. The van der Waals surface area contributed by atoms with Crippen LogP contribution in [0, 0.1) is 0 Å². The molecule has 0 aliphatic carbocycles. The Kier molecular flexibility index (Phi) is 3.97. The Bertz CT molecular complexity index is 802. The highest BCUT2D eigenvalue weighted by molar-refractivity contribution is 6.01. The van der Waals surface area contributed by atoms with Gasteiger partial charge < -0.3 is 25.2 Å². The van der Waals surface area contributed by atoms with Crippen molar-refractivity contribution in [2.45, 2.75) is 25.1 Å². The van der Waals surface area contributed by atoms with Crippen molar-refractivity contribution >= 4 is 11.6 Å². The first-order valence-corrected chi connectivity index (χ1v) is 8.43. The minimum atomic E-state index is -0.432. The predicted molar refractivity (Wildman–Crippen MR) is 92.6 cm³/mol. The minimum Gasteiger partial charge on any atom is -0.504 e. The fourth-order valence-electron chi connectivity index (χ4n) is 3.46. The summed E-state index contributed by atoms with van der Waals surface area (Å²) in [6.45, 7) is 1.20. The number of para-hydroxylation sites is 1. The second-order valence-corrected chi connectivity index (χ2v) is 6.43. The van der Waals surface area contributed by atoms with Crippen LogP contribution in [-0.4, -0.2) is 40.3 Å². The van der Waals surface area contributed by atoms with Crippen LogP contribution in [0.3, 0.4) is 0 Å². The summed E-state index contributed by atoms with van der Waals surface area (Å²) in [6.07, 6.45) is 1.52. The van der Waals surface area contributed by atoms with Crippen LogP contribution < -0.4 is 5.32 Å². The number of phenolic OH excluding ortho intramolecular Hbond substituents is 2. The smallest absolute Gasteiger partial charge is 0.257 e. The van der Waals surface area contributed by atoms with Crippen molar-refractivity contribution in [3.05, 3.63) is 53.6 Å². The molecule has 4 rings (SSSR count). The highest BCUT2D eigenvalue weighted by Gasteiger charge is 2.35.